The van der Waals surface area contributed by atoms with Crippen molar-refractivity contribution in [3.8, 4) is 10.8 Å². The molecule has 3 aromatic rings. The second-order valence-electron chi connectivity index (χ2n) is 4.99. The summed E-state index contributed by atoms with van der Waals surface area (Å²) in [6.45, 7) is 1.91. The molecule has 0 saturated carbocycles. The molecule has 118 valence electrons. The normalized spacial score (nSPS) is 10.7. The van der Waals surface area contributed by atoms with Gasteiger partial charge in [0.15, 0.2) is 0 Å². The van der Waals surface area contributed by atoms with Crippen LogP contribution >= 0.6 is 22.9 Å². The van der Waals surface area contributed by atoms with Crippen LogP contribution in [0.2, 0.25) is 5.02 Å². The molecule has 1 N–H and O–H groups in total. The standard InChI is InChI=1S/C16H14ClN3O2S/c1-10-4-5-11(17)9-12(10)18-14(21)6-7-15-19-20-16(22-15)13-3-2-8-23-13/h2-5,8-9H,6-7H2,1H3,(H,18,21). The van der Waals surface area contributed by atoms with Crippen molar-refractivity contribution in [3.05, 3.63) is 52.2 Å². The van der Waals surface area contributed by atoms with Crippen LogP contribution in [0.4, 0.5) is 5.69 Å². The molecule has 0 atom stereocenters. The summed E-state index contributed by atoms with van der Waals surface area (Å²) in [5.41, 5.74) is 1.67. The molecule has 0 aliphatic rings. The molecule has 0 unspecified atom stereocenters. The van der Waals surface area contributed by atoms with Gasteiger partial charge in [-0.3, -0.25) is 4.79 Å². The van der Waals surface area contributed by atoms with Crippen molar-refractivity contribution in [3.63, 3.8) is 0 Å². The summed E-state index contributed by atoms with van der Waals surface area (Å²) in [5, 5.41) is 13.3. The van der Waals surface area contributed by atoms with E-state index >= 15 is 0 Å². The molecule has 7 heteroatoms. The van der Waals surface area contributed by atoms with E-state index in [1.165, 1.54) is 11.3 Å². The maximum atomic E-state index is 12.0. The van der Waals surface area contributed by atoms with Gasteiger partial charge in [-0.05, 0) is 36.1 Å². The number of thiophene rings is 1. The van der Waals surface area contributed by atoms with Crippen molar-refractivity contribution < 1.29 is 9.21 Å². The first-order valence-corrected chi connectivity index (χ1v) is 8.30. The fraction of sp³-hybridized carbons (Fsp3) is 0.188. The second kappa shape index (κ2) is 6.93. The van der Waals surface area contributed by atoms with E-state index in [-0.39, 0.29) is 12.3 Å². The Hall–Kier alpha value is -2.18. The molecule has 23 heavy (non-hydrogen) atoms. The first-order chi connectivity index (χ1) is 11.1. The van der Waals surface area contributed by atoms with E-state index in [1.54, 1.807) is 12.1 Å². The maximum absolute atomic E-state index is 12.0. The number of carbonyl (C=O) groups is 1. The third-order valence-electron chi connectivity index (χ3n) is 3.24. The zero-order valence-corrected chi connectivity index (χ0v) is 13.9. The molecule has 2 aromatic heterocycles. The Morgan fingerprint density at radius 3 is 3.00 bits per heavy atom. The van der Waals surface area contributed by atoms with Crippen LogP contribution in [0.3, 0.4) is 0 Å². The molecule has 5 nitrogen and oxygen atoms in total. The highest BCUT2D eigenvalue weighted by Gasteiger charge is 2.12. The Morgan fingerprint density at radius 2 is 2.22 bits per heavy atom. The molecular weight excluding hydrogens is 334 g/mol. The Bertz CT molecular complexity index is 815. The van der Waals surface area contributed by atoms with Crippen LogP contribution < -0.4 is 5.32 Å². The number of aryl methyl sites for hydroxylation is 2. The third-order valence-corrected chi connectivity index (χ3v) is 4.33. The highest BCUT2D eigenvalue weighted by molar-refractivity contribution is 7.13. The van der Waals surface area contributed by atoms with Crippen LogP contribution in [0, 0.1) is 6.92 Å². The van der Waals surface area contributed by atoms with Crippen LogP contribution in [-0.2, 0) is 11.2 Å². The van der Waals surface area contributed by atoms with Crippen LogP contribution in [0.25, 0.3) is 10.8 Å². The van der Waals surface area contributed by atoms with Crippen LogP contribution in [0.5, 0.6) is 0 Å². The Labute approximate surface area is 142 Å². The molecule has 0 saturated heterocycles. The van der Waals surface area contributed by atoms with E-state index in [2.05, 4.69) is 15.5 Å². The minimum atomic E-state index is -0.119. The highest BCUT2D eigenvalue weighted by Crippen LogP contribution is 2.23. The average Bonchev–Trinajstić information content (AvgIpc) is 3.19. The number of carbonyl (C=O) groups excluding carboxylic acids is 1. The molecular formula is C16H14ClN3O2S. The fourth-order valence-electron chi connectivity index (χ4n) is 2.02. The van der Waals surface area contributed by atoms with Crippen molar-refractivity contribution in [2.24, 2.45) is 0 Å². The lowest BCUT2D eigenvalue weighted by Crippen LogP contribution is -2.13. The number of anilines is 1. The van der Waals surface area contributed by atoms with Gasteiger partial charge in [-0.25, -0.2) is 0 Å². The summed E-state index contributed by atoms with van der Waals surface area (Å²) in [4.78, 5) is 13.0. The molecule has 0 aliphatic heterocycles. The number of rotatable bonds is 5. The largest absolute Gasteiger partial charge is 0.420 e. The lowest BCUT2D eigenvalue weighted by atomic mass is 10.2. The van der Waals surface area contributed by atoms with E-state index in [0.717, 1.165) is 10.4 Å². The van der Waals surface area contributed by atoms with E-state index in [0.29, 0.717) is 28.9 Å². The summed E-state index contributed by atoms with van der Waals surface area (Å²) in [6, 6.07) is 9.22. The van der Waals surface area contributed by atoms with Crippen LogP contribution in [0.1, 0.15) is 17.9 Å². The smallest absolute Gasteiger partial charge is 0.257 e. The van der Waals surface area contributed by atoms with Gasteiger partial charge in [0.05, 0.1) is 4.88 Å². The van der Waals surface area contributed by atoms with Crippen molar-refractivity contribution in [2.75, 3.05) is 5.32 Å². The minimum absolute atomic E-state index is 0.119. The summed E-state index contributed by atoms with van der Waals surface area (Å²) in [5.74, 6) is 0.818. The fourth-order valence-corrected chi connectivity index (χ4v) is 2.83. The molecule has 3 rings (SSSR count). The quantitative estimate of drug-likeness (QED) is 0.745. The molecule has 2 heterocycles. The number of amides is 1. The van der Waals surface area contributed by atoms with Gasteiger partial charge in [0.2, 0.25) is 11.8 Å². The lowest BCUT2D eigenvalue weighted by Gasteiger charge is -2.08. The van der Waals surface area contributed by atoms with Gasteiger partial charge in [-0.2, -0.15) is 0 Å². The zero-order chi connectivity index (χ0) is 16.2. The number of nitrogens with one attached hydrogen (secondary N) is 1. The molecule has 0 spiro atoms. The van der Waals surface area contributed by atoms with Crippen molar-refractivity contribution in [1.29, 1.82) is 0 Å². The topological polar surface area (TPSA) is 68.0 Å². The van der Waals surface area contributed by atoms with E-state index in [1.807, 2.05) is 30.5 Å². The van der Waals surface area contributed by atoms with Gasteiger partial charge < -0.3 is 9.73 Å². The van der Waals surface area contributed by atoms with Crippen LogP contribution in [-0.4, -0.2) is 16.1 Å². The Balaban J connectivity index is 1.58. The van der Waals surface area contributed by atoms with E-state index in [9.17, 15) is 4.79 Å². The first-order valence-electron chi connectivity index (χ1n) is 7.04. The monoisotopic (exact) mass is 347 g/mol. The van der Waals surface area contributed by atoms with Gasteiger partial charge in [-0.1, -0.05) is 23.7 Å². The van der Waals surface area contributed by atoms with Gasteiger partial charge >= 0.3 is 0 Å². The third kappa shape index (κ3) is 3.97. The van der Waals surface area contributed by atoms with E-state index < -0.39 is 0 Å². The number of aromatic nitrogens is 2. The van der Waals surface area contributed by atoms with Crippen molar-refractivity contribution >= 4 is 34.5 Å². The number of benzene rings is 1. The Kier molecular flexibility index (Phi) is 4.73. The minimum Gasteiger partial charge on any atom is -0.420 e. The highest BCUT2D eigenvalue weighted by atomic mass is 35.5. The number of hydrogen-bond acceptors (Lipinski definition) is 5. The summed E-state index contributed by atoms with van der Waals surface area (Å²) < 4.78 is 5.56. The molecule has 0 radical (unpaired) electrons. The second-order valence-corrected chi connectivity index (χ2v) is 6.37. The van der Waals surface area contributed by atoms with Gasteiger partial charge in [0.1, 0.15) is 0 Å². The predicted molar refractivity (Wildman–Crippen MR) is 90.8 cm³/mol. The first kappa shape index (κ1) is 15.7. The van der Waals surface area contributed by atoms with Gasteiger partial charge in [-0.15, -0.1) is 21.5 Å². The predicted octanol–water partition coefficient (Wildman–Crippen LogP) is 4.33. The molecule has 0 aliphatic carbocycles. The van der Waals surface area contributed by atoms with Gasteiger partial charge in [0.25, 0.3) is 5.89 Å². The zero-order valence-electron chi connectivity index (χ0n) is 12.4. The maximum Gasteiger partial charge on any atom is 0.257 e. The van der Waals surface area contributed by atoms with Crippen molar-refractivity contribution in [2.45, 2.75) is 19.8 Å². The summed E-state index contributed by atoms with van der Waals surface area (Å²) >= 11 is 7.47. The molecule has 0 bridgehead atoms. The molecule has 1 amide bonds. The SMILES string of the molecule is Cc1ccc(Cl)cc1NC(=O)CCc1nnc(-c2cccs2)o1. The van der Waals surface area contributed by atoms with Crippen molar-refractivity contribution in [1.82, 2.24) is 10.2 Å². The number of hydrogen-bond donors (Lipinski definition) is 1. The number of nitrogens with zero attached hydrogens (tertiary/aromatic N) is 2. The Morgan fingerprint density at radius 1 is 1.35 bits per heavy atom. The molecule has 1 aromatic carbocycles. The summed E-state index contributed by atoms with van der Waals surface area (Å²) in [6.07, 6.45) is 0.655. The lowest BCUT2D eigenvalue weighted by molar-refractivity contribution is -0.116. The van der Waals surface area contributed by atoms with Crippen LogP contribution in [0.15, 0.2) is 40.1 Å². The summed E-state index contributed by atoms with van der Waals surface area (Å²) in [7, 11) is 0. The average molecular weight is 348 g/mol. The molecule has 0 fully saturated rings. The van der Waals surface area contributed by atoms with Gasteiger partial charge in [0, 0.05) is 23.6 Å². The number of halogens is 1. The van der Waals surface area contributed by atoms with E-state index in [4.69, 9.17) is 16.0 Å².